The van der Waals surface area contributed by atoms with Gasteiger partial charge in [-0.05, 0) is 81.0 Å². The highest BCUT2D eigenvalue weighted by Gasteiger charge is 2.09. The molecule has 1 amide bonds. The number of hydrogen-bond acceptors (Lipinski definition) is 2. The molecule has 108 valence electrons. The molecule has 0 radical (unpaired) electrons. The van der Waals surface area contributed by atoms with E-state index in [1.165, 1.54) is 0 Å². The summed E-state index contributed by atoms with van der Waals surface area (Å²) in [7, 11) is 0. The molecule has 21 heavy (non-hydrogen) atoms. The standard InChI is InChI=1S/C16H13BrINO2/c1-2-9-21-15-8-3-11(10-14(15)17)16(20)19-13-6-4-12(18)5-7-13/h2-8,10H,1,9H2,(H,19,20). The molecule has 0 saturated heterocycles. The van der Waals surface area contributed by atoms with Gasteiger partial charge in [0.2, 0.25) is 0 Å². The lowest BCUT2D eigenvalue weighted by Gasteiger charge is -2.09. The molecule has 0 aromatic heterocycles. The van der Waals surface area contributed by atoms with Crippen LogP contribution in [0.1, 0.15) is 10.4 Å². The lowest BCUT2D eigenvalue weighted by atomic mass is 10.2. The number of nitrogens with one attached hydrogen (secondary N) is 1. The Morgan fingerprint density at radius 1 is 1.29 bits per heavy atom. The third-order valence-electron chi connectivity index (χ3n) is 2.65. The summed E-state index contributed by atoms with van der Waals surface area (Å²) in [5.41, 5.74) is 1.33. The molecule has 0 bridgehead atoms. The molecule has 0 spiro atoms. The van der Waals surface area contributed by atoms with Crippen LogP contribution in [0.25, 0.3) is 0 Å². The molecular weight excluding hydrogens is 445 g/mol. The molecule has 0 fully saturated rings. The maximum atomic E-state index is 12.2. The van der Waals surface area contributed by atoms with Gasteiger partial charge in [0.05, 0.1) is 4.47 Å². The van der Waals surface area contributed by atoms with Crippen LogP contribution in [0.5, 0.6) is 5.75 Å². The lowest BCUT2D eigenvalue weighted by Crippen LogP contribution is -2.12. The normalized spacial score (nSPS) is 10.0. The first-order valence-electron chi connectivity index (χ1n) is 6.20. The van der Waals surface area contributed by atoms with E-state index in [9.17, 15) is 4.79 Å². The number of halogens is 2. The van der Waals surface area contributed by atoms with Gasteiger partial charge in [-0.15, -0.1) is 0 Å². The van der Waals surface area contributed by atoms with Crippen LogP contribution in [0.4, 0.5) is 5.69 Å². The molecule has 0 aliphatic carbocycles. The fourth-order valence-corrected chi connectivity index (χ4v) is 2.50. The van der Waals surface area contributed by atoms with Crippen molar-refractivity contribution in [3.8, 4) is 5.75 Å². The van der Waals surface area contributed by atoms with Crippen LogP contribution in [0, 0.1) is 3.57 Å². The van der Waals surface area contributed by atoms with Crippen molar-refractivity contribution in [2.45, 2.75) is 0 Å². The molecule has 1 N–H and O–H groups in total. The molecule has 3 nitrogen and oxygen atoms in total. The maximum absolute atomic E-state index is 12.2. The van der Waals surface area contributed by atoms with E-state index in [4.69, 9.17) is 4.74 Å². The van der Waals surface area contributed by atoms with Crippen molar-refractivity contribution < 1.29 is 9.53 Å². The first kappa shape index (κ1) is 16.0. The van der Waals surface area contributed by atoms with E-state index in [0.29, 0.717) is 17.9 Å². The number of benzene rings is 2. The molecule has 0 heterocycles. The van der Waals surface area contributed by atoms with E-state index in [-0.39, 0.29) is 5.91 Å². The highest BCUT2D eigenvalue weighted by Crippen LogP contribution is 2.26. The number of amides is 1. The Hall–Kier alpha value is -1.34. The highest BCUT2D eigenvalue weighted by atomic mass is 127. The van der Waals surface area contributed by atoms with Gasteiger partial charge < -0.3 is 10.1 Å². The highest BCUT2D eigenvalue weighted by molar-refractivity contribution is 14.1. The first-order chi connectivity index (χ1) is 10.1. The average molecular weight is 458 g/mol. The fourth-order valence-electron chi connectivity index (χ4n) is 1.64. The Morgan fingerprint density at radius 3 is 2.62 bits per heavy atom. The molecule has 0 aliphatic heterocycles. The second-order valence-electron chi connectivity index (χ2n) is 4.21. The monoisotopic (exact) mass is 457 g/mol. The lowest BCUT2D eigenvalue weighted by molar-refractivity contribution is 0.102. The molecular formula is C16H13BrINO2. The van der Waals surface area contributed by atoms with Crippen molar-refractivity contribution in [2.75, 3.05) is 11.9 Å². The second kappa shape index (κ2) is 7.61. The number of anilines is 1. The van der Waals surface area contributed by atoms with Crippen molar-refractivity contribution in [1.29, 1.82) is 0 Å². The van der Waals surface area contributed by atoms with E-state index < -0.39 is 0 Å². The van der Waals surface area contributed by atoms with Gasteiger partial charge in [-0.2, -0.15) is 0 Å². The molecule has 0 unspecified atom stereocenters. The van der Waals surface area contributed by atoms with Crippen LogP contribution < -0.4 is 10.1 Å². The Labute approximate surface area is 145 Å². The summed E-state index contributed by atoms with van der Waals surface area (Å²) < 4.78 is 7.31. The topological polar surface area (TPSA) is 38.3 Å². The minimum Gasteiger partial charge on any atom is -0.488 e. The fraction of sp³-hybridized carbons (Fsp3) is 0.0625. The molecule has 0 aliphatic rings. The van der Waals surface area contributed by atoms with Gasteiger partial charge in [0, 0.05) is 14.8 Å². The Bertz CT molecular complexity index is 656. The summed E-state index contributed by atoms with van der Waals surface area (Å²) in [6, 6.07) is 12.9. The van der Waals surface area contributed by atoms with E-state index in [2.05, 4.69) is 50.4 Å². The summed E-state index contributed by atoms with van der Waals surface area (Å²) in [6.45, 7) is 4.02. The van der Waals surface area contributed by atoms with Gasteiger partial charge in [0.25, 0.3) is 5.91 Å². The zero-order valence-corrected chi connectivity index (χ0v) is 14.8. The van der Waals surface area contributed by atoms with E-state index >= 15 is 0 Å². The van der Waals surface area contributed by atoms with Crippen LogP contribution in [0.2, 0.25) is 0 Å². The van der Waals surface area contributed by atoms with Gasteiger partial charge in [0.1, 0.15) is 12.4 Å². The Balaban J connectivity index is 2.10. The van der Waals surface area contributed by atoms with Crippen LogP contribution in [0.15, 0.2) is 59.6 Å². The maximum Gasteiger partial charge on any atom is 0.255 e. The van der Waals surface area contributed by atoms with Crippen molar-refractivity contribution in [3.05, 3.63) is 68.7 Å². The van der Waals surface area contributed by atoms with Crippen LogP contribution in [-0.2, 0) is 0 Å². The molecule has 2 aromatic carbocycles. The zero-order valence-electron chi connectivity index (χ0n) is 11.1. The van der Waals surface area contributed by atoms with Gasteiger partial charge in [0.15, 0.2) is 0 Å². The van der Waals surface area contributed by atoms with Crippen molar-refractivity contribution >= 4 is 50.1 Å². The third-order valence-corrected chi connectivity index (χ3v) is 3.99. The van der Waals surface area contributed by atoms with Crippen LogP contribution in [-0.4, -0.2) is 12.5 Å². The number of carbonyl (C=O) groups is 1. The summed E-state index contributed by atoms with van der Waals surface area (Å²) in [5.74, 6) is 0.521. The SMILES string of the molecule is C=CCOc1ccc(C(=O)Nc2ccc(I)cc2)cc1Br. The van der Waals surface area contributed by atoms with Crippen LogP contribution in [0.3, 0.4) is 0 Å². The minimum absolute atomic E-state index is 0.160. The second-order valence-corrected chi connectivity index (χ2v) is 6.31. The Morgan fingerprint density at radius 2 is 2.00 bits per heavy atom. The van der Waals surface area contributed by atoms with Gasteiger partial charge >= 0.3 is 0 Å². The van der Waals surface area contributed by atoms with Gasteiger partial charge in [-0.1, -0.05) is 12.7 Å². The summed E-state index contributed by atoms with van der Waals surface area (Å²) in [4.78, 5) is 12.2. The molecule has 0 atom stereocenters. The van der Waals surface area contributed by atoms with Gasteiger partial charge in [-0.25, -0.2) is 0 Å². The number of carbonyl (C=O) groups excluding carboxylic acids is 1. The number of ether oxygens (including phenoxy) is 1. The third kappa shape index (κ3) is 4.57. The predicted octanol–water partition coefficient (Wildman–Crippen LogP) is 4.87. The van der Waals surface area contributed by atoms with Gasteiger partial charge in [-0.3, -0.25) is 4.79 Å². The summed E-state index contributed by atoms with van der Waals surface area (Å²) in [6.07, 6.45) is 1.67. The molecule has 5 heteroatoms. The predicted molar refractivity (Wildman–Crippen MR) is 96.9 cm³/mol. The largest absolute Gasteiger partial charge is 0.488 e. The molecule has 2 rings (SSSR count). The average Bonchev–Trinajstić information content (AvgIpc) is 2.48. The summed E-state index contributed by atoms with van der Waals surface area (Å²) in [5, 5.41) is 2.86. The first-order valence-corrected chi connectivity index (χ1v) is 8.07. The molecule has 0 saturated carbocycles. The zero-order chi connectivity index (χ0) is 15.2. The summed E-state index contributed by atoms with van der Waals surface area (Å²) >= 11 is 5.62. The van der Waals surface area contributed by atoms with Crippen molar-refractivity contribution in [1.82, 2.24) is 0 Å². The van der Waals surface area contributed by atoms with Crippen molar-refractivity contribution in [3.63, 3.8) is 0 Å². The molecule has 2 aromatic rings. The van der Waals surface area contributed by atoms with Crippen molar-refractivity contribution in [2.24, 2.45) is 0 Å². The smallest absolute Gasteiger partial charge is 0.255 e. The Kier molecular flexibility index (Phi) is 5.81. The van der Waals surface area contributed by atoms with E-state index in [1.807, 2.05) is 24.3 Å². The number of hydrogen-bond donors (Lipinski definition) is 1. The quantitative estimate of drug-likeness (QED) is 0.513. The van der Waals surface area contributed by atoms with E-state index in [0.717, 1.165) is 13.7 Å². The number of rotatable bonds is 5. The van der Waals surface area contributed by atoms with Crippen LogP contribution >= 0.6 is 38.5 Å². The van der Waals surface area contributed by atoms with E-state index in [1.54, 1.807) is 24.3 Å². The minimum atomic E-state index is -0.160.